The highest BCUT2D eigenvalue weighted by atomic mass is 32.2. The van der Waals surface area contributed by atoms with Gasteiger partial charge in [0, 0.05) is 4.90 Å². The molecule has 1 heterocycles. The van der Waals surface area contributed by atoms with Crippen LogP contribution in [0.3, 0.4) is 0 Å². The number of benzene rings is 1. The minimum absolute atomic E-state index is 0.769. The van der Waals surface area contributed by atoms with E-state index in [0.717, 1.165) is 11.4 Å². The molecule has 0 unspecified atom stereocenters. The molecule has 1 aromatic heterocycles. The minimum atomic E-state index is 0.769. The first kappa shape index (κ1) is 10.1. The van der Waals surface area contributed by atoms with Crippen molar-refractivity contribution in [2.24, 2.45) is 4.99 Å². The predicted octanol–water partition coefficient (Wildman–Crippen LogP) is 3.75. The molecular weight excluding hydrogens is 206 g/mol. The molecule has 0 saturated carbocycles. The summed E-state index contributed by atoms with van der Waals surface area (Å²) in [6.07, 6.45) is 5.41. The van der Waals surface area contributed by atoms with E-state index in [1.165, 1.54) is 4.90 Å². The Kier molecular flexibility index (Phi) is 3.25. The van der Waals surface area contributed by atoms with E-state index < -0.39 is 0 Å². The molecule has 0 aliphatic rings. The second-order valence-electron chi connectivity index (χ2n) is 2.95. The summed E-state index contributed by atoms with van der Waals surface area (Å²) in [6, 6.07) is 11.8. The average Bonchev–Trinajstić information content (AvgIpc) is 2.79. The van der Waals surface area contributed by atoms with Crippen molar-refractivity contribution in [1.82, 2.24) is 0 Å². The quantitative estimate of drug-likeness (QED) is 0.578. The van der Waals surface area contributed by atoms with Gasteiger partial charge in [-0.25, -0.2) is 0 Å². The summed E-state index contributed by atoms with van der Waals surface area (Å²) in [5.41, 5.74) is 0.974. The maximum Gasteiger partial charge on any atom is 0.144 e. The lowest BCUT2D eigenvalue weighted by molar-refractivity contribution is 0.560. The first-order valence-corrected chi connectivity index (χ1v) is 5.83. The fraction of sp³-hybridized carbons (Fsp3) is 0.0833. The molecular formula is C12H11NOS. The van der Waals surface area contributed by atoms with E-state index in [4.69, 9.17) is 4.42 Å². The predicted molar refractivity (Wildman–Crippen MR) is 64.2 cm³/mol. The lowest BCUT2D eigenvalue weighted by atomic mass is 10.3. The molecule has 2 nitrogen and oxygen atoms in total. The zero-order valence-corrected chi connectivity index (χ0v) is 9.20. The lowest BCUT2D eigenvalue weighted by Gasteiger charge is -1.99. The van der Waals surface area contributed by atoms with Crippen LogP contribution in [0.4, 0.5) is 5.69 Å². The van der Waals surface area contributed by atoms with Gasteiger partial charge in [-0.1, -0.05) is 12.1 Å². The summed E-state index contributed by atoms with van der Waals surface area (Å²) in [5.74, 6) is 0.769. The number of rotatable bonds is 3. The molecule has 0 N–H and O–H groups in total. The van der Waals surface area contributed by atoms with Gasteiger partial charge < -0.3 is 4.42 Å². The fourth-order valence-corrected chi connectivity index (χ4v) is 1.78. The van der Waals surface area contributed by atoms with E-state index >= 15 is 0 Å². The standard InChI is InChI=1S/C12H11NOS/c1-15-12-7-3-2-6-11(12)13-9-10-5-4-8-14-10/h2-9H,1H3. The van der Waals surface area contributed by atoms with E-state index in [0.29, 0.717) is 0 Å². The number of hydrogen-bond donors (Lipinski definition) is 0. The van der Waals surface area contributed by atoms with Gasteiger partial charge >= 0.3 is 0 Å². The van der Waals surface area contributed by atoms with Gasteiger partial charge in [0.25, 0.3) is 0 Å². The van der Waals surface area contributed by atoms with Crippen molar-refractivity contribution in [3.8, 4) is 0 Å². The maximum atomic E-state index is 5.17. The van der Waals surface area contributed by atoms with Gasteiger partial charge in [0.2, 0.25) is 0 Å². The first-order valence-electron chi connectivity index (χ1n) is 4.61. The second kappa shape index (κ2) is 4.84. The van der Waals surface area contributed by atoms with Gasteiger partial charge in [-0.3, -0.25) is 4.99 Å². The van der Waals surface area contributed by atoms with Crippen LogP contribution in [0.1, 0.15) is 5.76 Å². The van der Waals surface area contributed by atoms with Crippen molar-refractivity contribution >= 4 is 23.7 Å². The van der Waals surface area contributed by atoms with Crippen LogP contribution in [0.2, 0.25) is 0 Å². The van der Waals surface area contributed by atoms with Crippen molar-refractivity contribution in [3.05, 3.63) is 48.4 Å². The fourth-order valence-electron chi connectivity index (χ4n) is 1.23. The molecule has 2 aromatic rings. The van der Waals surface area contributed by atoms with Crippen LogP contribution < -0.4 is 0 Å². The monoisotopic (exact) mass is 217 g/mol. The van der Waals surface area contributed by atoms with Crippen molar-refractivity contribution in [2.75, 3.05) is 6.26 Å². The van der Waals surface area contributed by atoms with E-state index in [2.05, 4.69) is 11.1 Å². The summed E-state index contributed by atoms with van der Waals surface area (Å²) in [7, 11) is 0. The molecule has 0 amide bonds. The van der Waals surface area contributed by atoms with Gasteiger partial charge in [0.1, 0.15) is 5.76 Å². The van der Waals surface area contributed by atoms with E-state index in [1.54, 1.807) is 24.2 Å². The molecule has 0 radical (unpaired) electrons. The largest absolute Gasteiger partial charge is 0.463 e. The first-order chi connectivity index (χ1) is 7.40. The molecule has 0 aliphatic heterocycles. The van der Waals surface area contributed by atoms with Crippen LogP contribution in [0, 0.1) is 0 Å². The van der Waals surface area contributed by atoms with Crippen LogP contribution in [0.5, 0.6) is 0 Å². The summed E-state index contributed by atoms with van der Waals surface area (Å²) in [5, 5.41) is 0. The van der Waals surface area contributed by atoms with E-state index in [9.17, 15) is 0 Å². The normalized spacial score (nSPS) is 11.0. The molecule has 0 saturated heterocycles. The van der Waals surface area contributed by atoms with Crippen LogP contribution >= 0.6 is 11.8 Å². The number of nitrogens with zero attached hydrogens (tertiary/aromatic N) is 1. The topological polar surface area (TPSA) is 25.5 Å². The zero-order chi connectivity index (χ0) is 10.5. The molecule has 0 aliphatic carbocycles. The van der Waals surface area contributed by atoms with Gasteiger partial charge in [-0.2, -0.15) is 0 Å². The van der Waals surface area contributed by atoms with Crippen molar-refractivity contribution < 1.29 is 4.42 Å². The van der Waals surface area contributed by atoms with Gasteiger partial charge in [0.15, 0.2) is 0 Å². The number of aliphatic imine (C=N–C) groups is 1. The third-order valence-electron chi connectivity index (χ3n) is 1.96. The highest BCUT2D eigenvalue weighted by molar-refractivity contribution is 7.98. The smallest absolute Gasteiger partial charge is 0.144 e. The average molecular weight is 217 g/mol. The number of hydrogen-bond acceptors (Lipinski definition) is 3. The second-order valence-corrected chi connectivity index (χ2v) is 3.79. The molecule has 76 valence electrons. The maximum absolute atomic E-state index is 5.17. The Labute approximate surface area is 93.0 Å². The zero-order valence-electron chi connectivity index (χ0n) is 8.38. The lowest BCUT2D eigenvalue weighted by Crippen LogP contribution is -1.76. The number of furan rings is 1. The summed E-state index contributed by atoms with van der Waals surface area (Å²) >= 11 is 1.69. The molecule has 3 heteroatoms. The summed E-state index contributed by atoms with van der Waals surface area (Å²) in [4.78, 5) is 5.55. The molecule has 0 fully saturated rings. The van der Waals surface area contributed by atoms with Crippen LogP contribution in [0.25, 0.3) is 0 Å². The van der Waals surface area contributed by atoms with Crippen molar-refractivity contribution in [1.29, 1.82) is 0 Å². The Morgan fingerprint density at radius 1 is 1.20 bits per heavy atom. The number of para-hydroxylation sites is 1. The van der Waals surface area contributed by atoms with E-state index in [1.807, 2.05) is 36.6 Å². The molecule has 0 atom stereocenters. The highest BCUT2D eigenvalue weighted by Gasteiger charge is 1.97. The minimum Gasteiger partial charge on any atom is -0.463 e. The Morgan fingerprint density at radius 2 is 2.07 bits per heavy atom. The Morgan fingerprint density at radius 3 is 2.80 bits per heavy atom. The third-order valence-corrected chi connectivity index (χ3v) is 2.74. The molecule has 0 bridgehead atoms. The van der Waals surface area contributed by atoms with Crippen LogP contribution in [-0.2, 0) is 0 Å². The SMILES string of the molecule is CSc1ccccc1N=Cc1ccco1. The van der Waals surface area contributed by atoms with Crippen LogP contribution in [0.15, 0.2) is 57.0 Å². The Hall–Kier alpha value is -1.48. The Balaban J connectivity index is 2.24. The number of thioether (sulfide) groups is 1. The molecule has 2 rings (SSSR count). The highest BCUT2D eigenvalue weighted by Crippen LogP contribution is 2.26. The van der Waals surface area contributed by atoms with Crippen LogP contribution in [-0.4, -0.2) is 12.5 Å². The van der Waals surface area contributed by atoms with Gasteiger partial charge in [0.05, 0.1) is 18.2 Å². The van der Waals surface area contributed by atoms with Crippen molar-refractivity contribution in [2.45, 2.75) is 4.90 Å². The Bertz CT molecular complexity index is 448. The van der Waals surface area contributed by atoms with Crippen molar-refractivity contribution in [3.63, 3.8) is 0 Å². The summed E-state index contributed by atoms with van der Waals surface area (Å²) < 4.78 is 5.17. The summed E-state index contributed by atoms with van der Waals surface area (Å²) in [6.45, 7) is 0. The third kappa shape index (κ3) is 2.50. The van der Waals surface area contributed by atoms with Gasteiger partial charge in [-0.05, 0) is 30.5 Å². The molecule has 0 spiro atoms. The molecule has 15 heavy (non-hydrogen) atoms. The van der Waals surface area contributed by atoms with E-state index in [-0.39, 0.29) is 0 Å². The van der Waals surface area contributed by atoms with Gasteiger partial charge in [-0.15, -0.1) is 11.8 Å². The molecule has 1 aromatic carbocycles.